The van der Waals surface area contributed by atoms with Gasteiger partial charge in [-0.3, -0.25) is 0 Å². The van der Waals surface area contributed by atoms with E-state index in [0.717, 1.165) is 33.5 Å². The van der Waals surface area contributed by atoms with Crippen LogP contribution >= 0.6 is 11.3 Å². The van der Waals surface area contributed by atoms with Gasteiger partial charge in [-0.15, -0.1) is 5.10 Å². The molecule has 0 aliphatic heterocycles. The number of aryl methyl sites for hydroxylation is 1. The second kappa shape index (κ2) is 6.66. The average molecular weight is 350 g/mol. The Morgan fingerprint density at radius 1 is 1.08 bits per heavy atom. The van der Waals surface area contributed by atoms with E-state index in [2.05, 4.69) is 34.5 Å². The van der Waals surface area contributed by atoms with Gasteiger partial charge in [-0.05, 0) is 23.6 Å². The van der Waals surface area contributed by atoms with Crippen molar-refractivity contribution in [1.29, 1.82) is 0 Å². The first kappa shape index (κ1) is 15.8. The molecule has 25 heavy (non-hydrogen) atoms. The van der Waals surface area contributed by atoms with E-state index in [9.17, 15) is 5.11 Å². The van der Waals surface area contributed by atoms with Crippen LogP contribution in [0.1, 0.15) is 16.7 Å². The zero-order valence-electron chi connectivity index (χ0n) is 13.8. The van der Waals surface area contributed by atoms with Crippen LogP contribution in [0.4, 0.5) is 5.13 Å². The summed E-state index contributed by atoms with van der Waals surface area (Å²) in [6.45, 7) is 2.83. The van der Waals surface area contributed by atoms with Crippen molar-refractivity contribution < 1.29 is 5.11 Å². The van der Waals surface area contributed by atoms with E-state index in [1.807, 2.05) is 40.9 Å². The van der Waals surface area contributed by atoms with Crippen LogP contribution in [0.5, 0.6) is 0 Å². The zero-order chi connectivity index (χ0) is 17.2. The summed E-state index contributed by atoms with van der Waals surface area (Å²) >= 11 is 1.52. The maximum Gasteiger partial charge on any atom is 0.214 e. The predicted octanol–water partition coefficient (Wildman–Crippen LogP) is 3.87. The first-order chi connectivity index (χ1) is 12.3. The van der Waals surface area contributed by atoms with Crippen molar-refractivity contribution in [2.24, 2.45) is 0 Å². The number of aromatic nitrogens is 3. The summed E-state index contributed by atoms with van der Waals surface area (Å²) in [5.74, 6) is 0. The molecule has 0 aliphatic rings. The number of nitrogens with one attached hydrogen (secondary N) is 1. The molecule has 0 aliphatic carbocycles. The molecule has 0 atom stereocenters. The summed E-state index contributed by atoms with van der Waals surface area (Å²) in [5, 5.41) is 18.4. The fourth-order valence-electron chi connectivity index (χ4n) is 2.84. The van der Waals surface area contributed by atoms with Crippen LogP contribution in [0.3, 0.4) is 0 Å². The van der Waals surface area contributed by atoms with Crippen LogP contribution in [0.15, 0.2) is 54.7 Å². The highest BCUT2D eigenvalue weighted by atomic mass is 32.1. The standard InChI is InChI=1S/C19H18N4OS/c1-13-6-2-3-7-14(13)10-20-18-22-23-17(11-21-19(23)25-18)16-9-5-4-8-15(16)12-24/h2-9,11,24H,10,12H2,1H3,(H,20,22). The highest BCUT2D eigenvalue weighted by molar-refractivity contribution is 7.20. The third-order valence-corrected chi connectivity index (χ3v) is 5.12. The van der Waals surface area contributed by atoms with Gasteiger partial charge in [-0.2, -0.15) is 0 Å². The van der Waals surface area contributed by atoms with E-state index < -0.39 is 0 Å². The number of fused-ring (bicyclic) bond motifs is 1. The lowest BCUT2D eigenvalue weighted by Crippen LogP contribution is -2.01. The topological polar surface area (TPSA) is 62.5 Å². The largest absolute Gasteiger partial charge is 0.392 e. The van der Waals surface area contributed by atoms with Crippen molar-refractivity contribution >= 4 is 21.4 Å². The van der Waals surface area contributed by atoms with Gasteiger partial charge in [-0.1, -0.05) is 59.9 Å². The number of benzene rings is 2. The quantitative estimate of drug-likeness (QED) is 0.573. The molecule has 0 bridgehead atoms. The summed E-state index contributed by atoms with van der Waals surface area (Å²) in [4.78, 5) is 5.29. The Bertz CT molecular complexity index is 1020. The molecule has 2 heterocycles. The molecule has 4 rings (SSSR count). The smallest absolute Gasteiger partial charge is 0.214 e. The van der Waals surface area contributed by atoms with E-state index in [4.69, 9.17) is 0 Å². The van der Waals surface area contributed by atoms with Crippen LogP contribution in [0.2, 0.25) is 0 Å². The molecular weight excluding hydrogens is 332 g/mol. The minimum atomic E-state index is -0.00800. The van der Waals surface area contributed by atoms with Gasteiger partial charge in [-0.25, -0.2) is 9.50 Å². The second-order valence-corrected chi connectivity index (χ2v) is 6.80. The van der Waals surface area contributed by atoms with Gasteiger partial charge >= 0.3 is 0 Å². The Morgan fingerprint density at radius 2 is 1.84 bits per heavy atom. The van der Waals surface area contributed by atoms with Gasteiger partial charge in [0.25, 0.3) is 0 Å². The molecule has 0 fully saturated rings. The Kier molecular flexibility index (Phi) is 4.21. The molecule has 126 valence electrons. The fraction of sp³-hybridized carbons (Fsp3) is 0.158. The van der Waals surface area contributed by atoms with Gasteiger partial charge < -0.3 is 10.4 Å². The Hall–Kier alpha value is -2.70. The minimum absolute atomic E-state index is 0.00800. The number of nitrogens with zero attached hydrogens (tertiary/aromatic N) is 3. The van der Waals surface area contributed by atoms with Crippen molar-refractivity contribution in [3.8, 4) is 11.3 Å². The number of hydrogen-bond donors (Lipinski definition) is 2. The van der Waals surface area contributed by atoms with Crippen LogP contribution in [-0.2, 0) is 13.2 Å². The van der Waals surface area contributed by atoms with Crippen LogP contribution in [0.25, 0.3) is 16.2 Å². The minimum Gasteiger partial charge on any atom is -0.392 e. The number of hydrogen-bond acceptors (Lipinski definition) is 5. The third kappa shape index (κ3) is 3.01. The highest BCUT2D eigenvalue weighted by Gasteiger charge is 2.14. The molecule has 0 radical (unpaired) electrons. The van der Waals surface area contributed by atoms with Crippen LogP contribution in [-0.4, -0.2) is 19.7 Å². The van der Waals surface area contributed by atoms with E-state index in [-0.39, 0.29) is 6.61 Å². The normalized spacial score (nSPS) is 11.1. The Balaban J connectivity index is 1.64. The van der Waals surface area contributed by atoms with Gasteiger partial charge in [0.05, 0.1) is 18.5 Å². The van der Waals surface area contributed by atoms with E-state index >= 15 is 0 Å². The number of imidazole rings is 1. The molecule has 4 aromatic rings. The van der Waals surface area contributed by atoms with Crippen LogP contribution < -0.4 is 5.32 Å². The summed E-state index contributed by atoms with van der Waals surface area (Å²) in [7, 11) is 0. The van der Waals surface area contributed by atoms with Gasteiger partial charge in [0.15, 0.2) is 0 Å². The van der Waals surface area contributed by atoms with E-state index in [0.29, 0.717) is 0 Å². The van der Waals surface area contributed by atoms with Crippen molar-refractivity contribution in [3.63, 3.8) is 0 Å². The fourth-order valence-corrected chi connectivity index (χ4v) is 3.61. The molecule has 0 unspecified atom stereocenters. The molecule has 0 amide bonds. The van der Waals surface area contributed by atoms with Crippen molar-refractivity contribution in [1.82, 2.24) is 14.6 Å². The molecule has 2 N–H and O–H groups in total. The molecule has 2 aromatic heterocycles. The number of aliphatic hydroxyl groups is 1. The third-order valence-electron chi connectivity index (χ3n) is 4.24. The van der Waals surface area contributed by atoms with E-state index in [1.54, 1.807) is 6.20 Å². The highest BCUT2D eigenvalue weighted by Crippen LogP contribution is 2.28. The van der Waals surface area contributed by atoms with Crippen molar-refractivity contribution in [3.05, 3.63) is 71.4 Å². The maximum absolute atomic E-state index is 9.57. The molecule has 5 nitrogen and oxygen atoms in total. The maximum atomic E-state index is 9.57. The van der Waals surface area contributed by atoms with Crippen molar-refractivity contribution in [2.75, 3.05) is 5.32 Å². The summed E-state index contributed by atoms with van der Waals surface area (Å²) in [6.07, 6.45) is 1.80. The lowest BCUT2D eigenvalue weighted by atomic mass is 10.1. The van der Waals surface area contributed by atoms with Gasteiger partial charge in [0, 0.05) is 12.1 Å². The summed E-state index contributed by atoms with van der Waals surface area (Å²) in [5.41, 5.74) is 5.22. The molecule has 0 saturated heterocycles. The lowest BCUT2D eigenvalue weighted by Gasteiger charge is -2.06. The number of rotatable bonds is 5. The first-order valence-electron chi connectivity index (χ1n) is 8.08. The molecule has 2 aromatic carbocycles. The summed E-state index contributed by atoms with van der Waals surface area (Å²) < 4.78 is 1.83. The first-order valence-corrected chi connectivity index (χ1v) is 8.90. The molecule has 0 saturated carbocycles. The molecular formula is C19H18N4OS. The zero-order valence-corrected chi connectivity index (χ0v) is 14.6. The second-order valence-electron chi connectivity index (χ2n) is 5.84. The lowest BCUT2D eigenvalue weighted by molar-refractivity contribution is 0.282. The van der Waals surface area contributed by atoms with Crippen LogP contribution in [0, 0.1) is 6.92 Å². The van der Waals surface area contributed by atoms with Gasteiger partial charge in [0.1, 0.15) is 0 Å². The van der Waals surface area contributed by atoms with Gasteiger partial charge in [0.2, 0.25) is 10.1 Å². The monoisotopic (exact) mass is 350 g/mol. The number of aliphatic hydroxyl groups excluding tert-OH is 1. The average Bonchev–Trinajstić information content (AvgIpc) is 3.21. The SMILES string of the molecule is Cc1ccccc1CNc1nn2c(-c3ccccc3CO)cnc2s1. The predicted molar refractivity (Wildman–Crippen MR) is 101 cm³/mol. The van der Waals surface area contributed by atoms with Crippen molar-refractivity contribution in [2.45, 2.75) is 20.1 Å². The summed E-state index contributed by atoms with van der Waals surface area (Å²) in [6, 6.07) is 16.1. The molecule has 6 heteroatoms. The Labute approximate surface area is 149 Å². The Morgan fingerprint density at radius 3 is 2.64 bits per heavy atom. The number of anilines is 1. The van der Waals surface area contributed by atoms with E-state index in [1.165, 1.54) is 22.5 Å². The molecule has 0 spiro atoms.